The largest absolute Gasteiger partial charge is 0.477 e. The predicted octanol–water partition coefficient (Wildman–Crippen LogP) is -2.29. The lowest BCUT2D eigenvalue weighted by Gasteiger charge is -2.49. The molecule has 5 rings (SSSR count). The zero-order chi connectivity index (χ0) is 26.4. The summed E-state index contributed by atoms with van der Waals surface area (Å²) in [5.74, 6) is -2.35. The number of anilines is 1. The number of oxime groups is 1. The van der Waals surface area contributed by atoms with Gasteiger partial charge in [-0.05, 0) is 0 Å². The molecule has 1 saturated heterocycles. The van der Waals surface area contributed by atoms with Crippen molar-refractivity contribution in [3.05, 3.63) is 34.5 Å². The second kappa shape index (κ2) is 9.47. The summed E-state index contributed by atoms with van der Waals surface area (Å²) < 4.78 is 7.60. The average molecular weight is 549 g/mol. The molecule has 0 spiro atoms. The maximum absolute atomic E-state index is 13.0. The summed E-state index contributed by atoms with van der Waals surface area (Å²) in [5, 5.41) is 18.5. The molecule has 0 radical (unpaired) electrons. The van der Waals surface area contributed by atoms with E-state index in [1.54, 1.807) is 0 Å². The van der Waals surface area contributed by atoms with Crippen LogP contribution in [0.25, 0.3) is 0 Å². The molecule has 3 amide bonds. The fourth-order valence-electron chi connectivity index (χ4n) is 4.46. The van der Waals surface area contributed by atoms with E-state index in [-0.39, 0.29) is 41.2 Å². The number of hydrogen-bond acceptors (Lipinski definition) is 11. The van der Waals surface area contributed by atoms with Crippen molar-refractivity contribution in [1.82, 2.24) is 29.6 Å². The van der Waals surface area contributed by atoms with Gasteiger partial charge in [0.25, 0.3) is 11.8 Å². The highest BCUT2D eigenvalue weighted by molar-refractivity contribution is 8.00. The lowest BCUT2D eigenvalue weighted by atomic mass is 10.0. The quantitative estimate of drug-likeness (QED) is 0.126. The molecular weight excluding hydrogens is 526 g/mol. The molecule has 0 bridgehead atoms. The third-order valence-corrected chi connectivity index (χ3v) is 8.08. The van der Waals surface area contributed by atoms with Crippen molar-refractivity contribution in [3.63, 3.8) is 0 Å². The first-order chi connectivity index (χ1) is 17.7. The van der Waals surface area contributed by atoms with Crippen LogP contribution < -0.4 is 21.0 Å². The fraction of sp³-hybridized carbons (Fsp3) is 0.400. The number of carboxylic acid groups (broad SMARTS) is 1. The van der Waals surface area contributed by atoms with Crippen LogP contribution in [-0.2, 0) is 50.6 Å². The molecule has 194 valence electrons. The Bertz CT molecular complexity index is 1400. The van der Waals surface area contributed by atoms with Gasteiger partial charge in [0.15, 0.2) is 11.7 Å². The zero-order valence-electron chi connectivity index (χ0n) is 19.6. The van der Waals surface area contributed by atoms with Crippen molar-refractivity contribution in [3.8, 4) is 0 Å². The van der Waals surface area contributed by atoms with Gasteiger partial charge in [-0.25, -0.2) is 4.79 Å². The van der Waals surface area contributed by atoms with Crippen molar-refractivity contribution in [2.24, 2.45) is 12.2 Å². The van der Waals surface area contributed by atoms with Gasteiger partial charge in [-0.3, -0.25) is 19.3 Å². The van der Waals surface area contributed by atoms with E-state index in [2.05, 4.69) is 25.1 Å². The predicted molar refractivity (Wildman–Crippen MR) is 129 cm³/mol. The summed E-state index contributed by atoms with van der Waals surface area (Å²) in [7, 11) is 3.05. The summed E-state index contributed by atoms with van der Waals surface area (Å²) in [6, 6.07) is -0.974. The van der Waals surface area contributed by atoms with E-state index in [0.717, 1.165) is 22.8 Å². The molecule has 1 fully saturated rings. The maximum Gasteiger partial charge on any atom is 0.352 e. The number of hydrogen-bond donors (Lipinski definition) is 4. The number of thioether (sulfide) groups is 1. The van der Waals surface area contributed by atoms with Crippen molar-refractivity contribution in [2.75, 3.05) is 18.6 Å². The van der Waals surface area contributed by atoms with Crippen LogP contribution in [0.2, 0.25) is 0 Å². The Kier molecular flexibility index (Phi) is 6.32. The Hall–Kier alpha value is -3.99. The fourth-order valence-corrected chi connectivity index (χ4v) is 6.23. The molecule has 3 aliphatic heterocycles. The number of amides is 3. The maximum atomic E-state index is 13.0. The van der Waals surface area contributed by atoms with Gasteiger partial charge in [0, 0.05) is 22.9 Å². The third-order valence-electron chi connectivity index (χ3n) is 6.20. The smallest absolute Gasteiger partial charge is 0.352 e. The number of nitrogens with two attached hydrogens (primary N) is 1. The van der Waals surface area contributed by atoms with Gasteiger partial charge in [-0.1, -0.05) is 5.16 Å². The number of aliphatic carboxylic acids is 1. The van der Waals surface area contributed by atoms with E-state index < -0.39 is 29.2 Å². The van der Waals surface area contributed by atoms with E-state index in [9.17, 15) is 24.3 Å². The van der Waals surface area contributed by atoms with Crippen LogP contribution in [0.4, 0.5) is 5.13 Å². The van der Waals surface area contributed by atoms with Crippen LogP contribution >= 0.6 is 23.3 Å². The lowest BCUT2D eigenvalue weighted by Crippen LogP contribution is -2.71. The Morgan fingerprint density at radius 2 is 2.22 bits per heavy atom. The molecule has 0 aromatic carbocycles. The number of carbonyl (C=O) groups excluding carboxylic acids is 3. The van der Waals surface area contributed by atoms with E-state index >= 15 is 0 Å². The number of nitrogen functional groups attached to an aromatic ring is 1. The standard InChI is InChI=1S/C20H21N9O6S2/c1-27-10-3-11(30)22-4-8(10)5-28(27)6-9-7-36-18-13(17(32)29(18)14(9)19(33)34)23-16(31)12(25-35-2)15-24-20(21)37-26-15/h5,13,18H,3-4,6-7H2,1-2H3,(H4-,21,22,23,24,26,30,31,33,34)/p+1/b25-12-/t13-,18-/m1/s1. The van der Waals surface area contributed by atoms with E-state index in [4.69, 9.17) is 10.6 Å². The highest BCUT2D eigenvalue weighted by Crippen LogP contribution is 2.40. The molecule has 37 heavy (non-hydrogen) atoms. The first-order valence-electron chi connectivity index (χ1n) is 10.9. The Labute approximate surface area is 217 Å². The second-order valence-electron chi connectivity index (χ2n) is 8.37. The van der Waals surface area contributed by atoms with Crippen LogP contribution in [0.15, 0.2) is 22.6 Å². The van der Waals surface area contributed by atoms with Gasteiger partial charge in [-0.2, -0.15) is 14.0 Å². The molecule has 2 atom stereocenters. The Balaban J connectivity index is 1.36. The number of rotatable bonds is 7. The Morgan fingerprint density at radius 3 is 2.89 bits per heavy atom. The molecule has 0 saturated carbocycles. The van der Waals surface area contributed by atoms with Crippen LogP contribution in [-0.4, -0.2) is 77.7 Å². The molecule has 0 aliphatic carbocycles. The van der Waals surface area contributed by atoms with E-state index in [1.165, 1.54) is 23.8 Å². The molecule has 2 aromatic rings. The summed E-state index contributed by atoms with van der Waals surface area (Å²) >= 11 is 2.21. The average Bonchev–Trinajstić information content (AvgIpc) is 3.43. The summed E-state index contributed by atoms with van der Waals surface area (Å²) in [5.41, 5.74) is 7.57. The normalized spacial score (nSPS) is 21.1. The monoisotopic (exact) mass is 548 g/mol. The molecule has 3 aliphatic rings. The number of aromatic nitrogens is 4. The summed E-state index contributed by atoms with van der Waals surface area (Å²) in [6.45, 7) is 0.626. The third kappa shape index (κ3) is 4.29. The van der Waals surface area contributed by atoms with E-state index in [0.29, 0.717) is 17.9 Å². The second-order valence-corrected chi connectivity index (χ2v) is 10.3. The topological polar surface area (TPSA) is 198 Å². The van der Waals surface area contributed by atoms with Crippen LogP contribution in [0, 0.1) is 0 Å². The minimum Gasteiger partial charge on any atom is -0.477 e. The molecular formula is C20H22N9O6S2+. The number of carbonyl (C=O) groups is 4. The van der Waals surface area contributed by atoms with Crippen molar-refractivity contribution in [1.29, 1.82) is 0 Å². The van der Waals surface area contributed by atoms with Crippen molar-refractivity contribution in [2.45, 2.75) is 30.9 Å². The SMILES string of the molecule is CO/N=C(\C(=O)N[C@@H]1C(=O)N2C(C(=O)O)=C(C[n+]3cc4c(n3C)CC(=O)NC4)CS[C@H]12)c1nsc(N)n1. The van der Waals surface area contributed by atoms with Crippen LogP contribution in [0.1, 0.15) is 17.1 Å². The van der Waals surface area contributed by atoms with Gasteiger partial charge in [0.1, 0.15) is 24.2 Å². The number of carboxylic acids is 1. The molecule has 15 nitrogen and oxygen atoms in total. The van der Waals surface area contributed by atoms with Gasteiger partial charge < -0.3 is 26.3 Å². The first kappa shape index (κ1) is 24.7. The number of nitrogens with one attached hydrogen (secondary N) is 2. The van der Waals surface area contributed by atoms with Crippen LogP contribution in [0.3, 0.4) is 0 Å². The van der Waals surface area contributed by atoms with Gasteiger partial charge in [0.05, 0.1) is 31.3 Å². The molecule has 17 heteroatoms. The zero-order valence-corrected chi connectivity index (χ0v) is 21.3. The lowest BCUT2D eigenvalue weighted by molar-refractivity contribution is -0.767. The molecule has 5 N–H and O–H groups in total. The Morgan fingerprint density at radius 1 is 1.43 bits per heavy atom. The summed E-state index contributed by atoms with van der Waals surface area (Å²) in [6.07, 6.45) is 2.11. The minimum atomic E-state index is -1.24. The van der Waals surface area contributed by atoms with Gasteiger partial charge in [0.2, 0.25) is 23.6 Å². The summed E-state index contributed by atoms with van der Waals surface area (Å²) in [4.78, 5) is 59.8. The van der Waals surface area contributed by atoms with Crippen molar-refractivity contribution >= 4 is 57.8 Å². The van der Waals surface area contributed by atoms with E-state index in [1.807, 2.05) is 22.6 Å². The number of fused-ring (bicyclic) bond motifs is 2. The number of nitrogens with zero attached hydrogens (tertiary/aromatic N) is 6. The van der Waals surface area contributed by atoms with Crippen LogP contribution in [0.5, 0.6) is 0 Å². The number of β-lactam (4-membered cyclic amide) rings is 1. The van der Waals surface area contributed by atoms with Crippen molar-refractivity contribution < 1.29 is 33.8 Å². The van der Waals surface area contributed by atoms with Gasteiger partial charge >= 0.3 is 5.97 Å². The molecule has 5 heterocycles. The van der Waals surface area contributed by atoms with Gasteiger partial charge in [-0.15, -0.1) is 16.4 Å². The molecule has 0 unspecified atom stereocenters. The minimum absolute atomic E-state index is 0.0469. The highest BCUT2D eigenvalue weighted by Gasteiger charge is 2.55. The molecule has 2 aromatic heterocycles. The highest BCUT2D eigenvalue weighted by atomic mass is 32.2. The first-order valence-corrected chi connectivity index (χ1v) is 12.8.